The molecule has 1 aromatic rings. The van der Waals surface area contributed by atoms with Gasteiger partial charge in [0.25, 0.3) is 0 Å². The fourth-order valence-electron chi connectivity index (χ4n) is 1.07. The minimum absolute atomic E-state index is 0.338. The molecule has 16 heavy (non-hydrogen) atoms. The number of rotatable bonds is 2. The fourth-order valence-corrected chi connectivity index (χ4v) is 1.58. The largest absolute Gasteiger partial charge is 0.234 e. The molecule has 0 unspecified atom stereocenters. The quantitative estimate of drug-likeness (QED) is 0.732. The Labute approximate surface area is 98.2 Å². The molecule has 0 N–H and O–H groups in total. The van der Waals surface area contributed by atoms with Crippen molar-refractivity contribution in [3.63, 3.8) is 0 Å². The highest BCUT2D eigenvalue weighted by Gasteiger charge is 2.18. The maximum atomic E-state index is 13.4. The third kappa shape index (κ3) is 3.23. The zero-order valence-electron chi connectivity index (χ0n) is 9.95. The number of hydrogen-bond donors (Lipinski definition) is 0. The molecule has 0 heterocycles. The van der Waals surface area contributed by atoms with Gasteiger partial charge in [-0.15, -0.1) is 0 Å². The van der Waals surface area contributed by atoms with E-state index >= 15 is 0 Å². The second-order valence-electron chi connectivity index (χ2n) is 4.57. The van der Waals surface area contributed by atoms with Gasteiger partial charge in [-0.25, -0.2) is 8.60 Å². The highest BCUT2D eigenvalue weighted by Crippen LogP contribution is 2.14. The average Bonchev–Trinajstić information content (AvgIpc) is 2.15. The fraction of sp³-hybridized carbons (Fsp3) is 0.417. The molecule has 1 rings (SSSR count). The Kier molecular flexibility index (Phi) is 3.97. The van der Waals surface area contributed by atoms with E-state index in [-0.39, 0.29) is 5.82 Å². The van der Waals surface area contributed by atoms with Crippen LogP contribution in [-0.4, -0.2) is 15.2 Å². The lowest BCUT2D eigenvalue weighted by molar-refractivity contribution is 0.624. The Morgan fingerprint density at radius 2 is 2.00 bits per heavy atom. The van der Waals surface area contributed by atoms with Crippen molar-refractivity contribution in [2.45, 2.75) is 32.4 Å². The third-order valence-corrected chi connectivity index (χ3v) is 3.42. The summed E-state index contributed by atoms with van der Waals surface area (Å²) in [5, 5.41) is 0. The summed E-state index contributed by atoms with van der Waals surface area (Å²) in [6.45, 7) is 7.28. The molecule has 0 bridgehead atoms. The van der Waals surface area contributed by atoms with Crippen molar-refractivity contribution in [2.24, 2.45) is 4.40 Å². The zero-order valence-corrected chi connectivity index (χ0v) is 10.8. The monoisotopic (exact) mass is 241 g/mol. The Morgan fingerprint density at radius 1 is 1.38 bits per heavy atom. The first-order valence-corrected chi connectivity index (χ1v) is 6.14. The first-order chi connectivity index (χ1) is 7.32. The predicted molar refractivity (Wildman–Crippen MR) is 66.6 cm³/mol. The molecular formula is C12H16FNOS. The Hall–Kier alpha value is -1.03. The molecule has 0 spiro atoms. The van der Waals surface area contributed by atoms with Gasteiger partial charge in [0.15, 0.2) is 0 Å². The van der Waals surface area contributed by atoms with Crippen molar-refractivity contribution in [1.82, 2.24) is 0 Å². The summed E-state index contributed by atoms with van der Waals surface area (Å²) in [6.07, 6.45) is 1.35. The summed E-state index contributed by atoms with van der Waals surface area (Å²) in [5.41, 5.74) is 1.19. The van der Waals surface area contributed by atoms with Crippen LogP contribution in [-0.2, 0) is 11.0 Å². The maximum Gasteiger partial charge on any atom is 0.144 e. The van der Waals surface area contributed by atoms with Crippen molar-refractivity contribution in [1.29, 1.82) is 0 Å². The van der Waals surface area contributed by atoms with E-state index in [1.807, 2.05) is 20.8 Å². The van der Waals surface area contributed by atoms with Gasteiger partial charge in [-0.2, -0.15) is 4.40 Å². The summed E-state index contributed by atoms with van der Waals surface area (Å²) in [4.78, 5) is 0. The third-order valence-electron chi connectivity index (χ3n) is 2.07. The number of halogens is 1. The van der Waals surface area contributed by atoms with E-state index in [1.54, 1.807) is 19.1 Å². The number of nitrogens with zero attached hydrogens (tertiary/aromatic N) is 1. The van der Waals surface area contributed by atoms with Crippen molar-refractivity contribution in [3.05, 3.63) is 35.1 Å². The van der Waals surface area contributed by atoms with Crippen LogP contribution in [0.5, 0.6) is 0 Å². The van der Waals surface area contributed by atoms with Crippen LogP contribution in [0.2, 0.25) is 0 Å². The van der Waals surface area contributed by atoms with Crippen molar-refractivity contribution >= 4 is 17.2 Å². The molecule has 1 aromatic carbocycles. The highest BCUT2D eigenvalue weighted by molar-refractivity contribution is 7.85. The molecular weight excluding hydrogens is 225 g/mol. The molecule has 0 amide bonds. The van der Waals surface area contributed by atoms with Crippen LogP contribution < -0.4 is 0 Å². The summed E-state index contributed by atoms with van der Waals surface area (Å²) < 4.78 is 28.5. The minimum atomic E-state index is -1.35. The second-order valence-corrected chi connectivity index (χ2v) is 6.50. The summed E-state index contributed by atoms with van der Waals surface area (Å²) in [6, 6.07) is 4.81. The molecule has 2 nitrogen and oxygen atoms in total. The number of aryl methyl sites for hydroxylation is 1. The summed E-state index contributed by atoms with van der Waals surface area (Å²) >= 11 is 0. The van der Waals surface area contributed by atoms with E-state index in [4.69, 9.17) is 0 Å². The molecule has 0 aromatic heterocycles. The van der Waals surface area contributed by atoms with E-state index in [0.29, 0.717) is 5.56 Å². The zero-order chi connectivity index (χ0) is 12.3. The molecule has 0 saturated carbocycles. The van der Waals surface area contributed by atoms with E-state index in [0.717, 1.165) is 5.56 Å². The SMILES string of the molecule is Cc1cccc(F)c1C=N[S@](=O)C(C)(C)C. The van der Waals surface area contributed by atoms with Crippen LogP contribution in [0.25, 0.3) is 0 Å². The van der Waals surface area contributed by atoms with Gasteiger partial charge in [0, 0.05) is 11.8 Å². The molecule has 0 aliphatic heterocycles. The van der Waals surface area contributed by atoms with E-state index in [1.165, 1.54) is 12.3 Å². The van der Waals surface area contributed by atoms with Crippen molar-refractivity contribution in [3.8, 4) is 0 Å². The van der Waals surface area contributed by atoms with Gasteiger partial charge in [0.2, 0.25) is 0 Å². The van der Waals surface area contributed by atoms with Gasteiger partial charge in [0.05, 0.1) is 4.75 Å². The van der Waals surface area contributed by atoms with E-state index in [2.05, 4.69) is 4.40 Å². The minimum Gasteiger partial charge on any atom is -0.234 e. The Balaban J connectivity index is 2.98. The summed E-state index contributed by atoms with van der Waals surface area (Å²) in [5.74, 6) is -0.338. The van der Waals surface area contributed by atoms with Gasteiger partial charge in [-0.3, -0.25) is 0 Å². The number of hydrogen-bond acceptors (Lipinski definition) is 1. The average molecular weight is 241 g/mol. The predicted octanol–water partition coefficient (Wildman–Crippen LogP) is 3.02. The molecule has 88 valence electrons. The van der Waals surface area contributed by atoms with Crippen molar-refractivity contribution < 1.29 is 8.60 Å². The molecule has 0 aliphatic carbocycles. The van der Waals surface area contributed by atoms with Crippen LogP contribution in [0.1, 0.15) is 31.9 Å². The molecule has 4 heteroatoms. The van der Waals surface area contributed by atoms with Gasteiger partial charge in [-0.1, -0.05) is 12.1 Å². The normalized spacial score (nSPS) is 14.3. The molecule has 0 aliphatic rings. The summed E-state index contributed by atoms with van der Waals surface area (Å²) in [7, 11) is -1.35. The molecule has 0 radical (unpaired) electrons. The standard InChI is InChI=1S/C12H16FNOS/c1-9-6-5-7-11(13)10(9)8-14-16(15)12(2,3)4/h5-8H,1-4H3/t16-/m1/s1. The van der Waals surface area contributed by atoms with Gasteiger partial charge < -0.3 is 0 Å². The molecule has 1 atom stereocenters. The lowest BCUT2D eigenvalue weighted by Crippen LogP contribution is -2.19. The first-order valence-electron chi connectivity index (χ1n) is 5.03. The highest BCUT2D eigenvalue weighted by atomic mass is 32.2. The smallest absolute Gasteiger partial charge is 0.144 e. The number of benzene rings is 1. The Morgan fingerprint density at radius 3 is 2.50 bits per heavy atom. The van der Waals surface area contributed by atoms with Gasteiger partial charge in [-0.05, 0) is 39.3 Å². The topological polar surface area (TPSA) is 29.4 Å². The Bertz CT molecular complexity index is 415. The lowest BCUT2D eigenvalue weighted by atomic mass is 10.1. The van der Waals surface area contributed by atoms with Gasteiger partial charge >= 0.3 is 0 Å². The van der Waals surface area contributed by atoms with Crippen LogP contribution in [0.15, 0.2) is 22.6 Å². The second kappa shape index (κ2) is 4.87. The lowest BCUT2D eigenvalue weighted by Gasteiger charge is -2.12. The van der Waals surface area contributed by atoms with Crippen molar-refractivity contribution in [2.75, 3.05) is 0 Å². The van der Waals surface area contributed by atoms with Gasteiger partial charge in [0.1, 0.15) is 16.8 Å². The molecule has 0 fully saturated rings. The van der Waals surface area contributed by atoms with Crippen LogP contribution in [0.4, 0.5) is 4.39 Å². The maximum absolute atomic E-state index is 13.4. The van der Waals surface area contributed by atoms with Crippen LogP contribution in [0.3, 0.4) is 0 Å². The van der Waals surface area contributed by atoms with Crippen LogP contribution >= 0.6 is 0 Å². The van der Waals surface area contributed by atoms with E-state index < -0.39 is 15.7 Å². The molecule has 0 saturated heterocycles. The van der Waals surface area contributed by atoms with Crippen LogP contribution in [0, 0.1) is 12.7 Å². The van der Waals surface area contributed by atoms with E-state index in [9.17, 15) is 8.60 Å². The first kappa shape index (κ1) is 13.0.